The van der Waals surface area contributed by atoms with Crippen LogP contribution in [-0.4, -0.2) is 22.3 Å². The van der Waals surface area contributed by atoms with E-state index >= 15 is 0 Å². The summed E-state index contributed by atoms with van der Waals surface area (Å²) in [4.78, 5) is 10.6. The van der Waals surface area contributed by atoms with E-state index in [2.05, 4.69) is 45.1 Å². The van der Waals surface area contributed by atoms with Crippen LogP contribution in [0.25, 0.3) is 0 Å². The van der Waals surface area contributed by atoms with E-state index in [-0.39, 0.29) is 12.5 Å². The first-order valence-electron chi connectivity index (χ1n) is 11.1. The highest BCUT2D eigenvalue weighted by atomic mass is 16.4. The van der Waals surface area contributed by atoms with Gasteiger partial charge < -0.3 is 10.2 Å². The molecule has 2 N–H and O–H groups in total. The number of fused-ring (bicyclic) bond motifs is 2. The second-order valence-corrected chi connectivity index (χ2v) is 9.37. The predicted molar refractivity (Wildman–Crippen MR) is 112 cm³/mol. The molecule has 0 spiro atoms. The van der Waals surface area contributed by atoms with Crippen LogP contribution in [0.5, 0.6) is 0 Å². The zero-order valence-corrected chi connectivity index (χ0v) is 17.6. The monoisotopic (exact) mass is 376 g/mol. The van der Waals surface area contributed by atoms with Crippen LogP contribution in [0.15, 0.2) is 24.3 Å². The highest BCUT2D eigenvalue weighted by molar-refractivity contribution is 5.66. The Kier molecular flexibility index (Phi) is 8.60. The minimum absolute atomic E-state index is 0.256. The van der Waals surface area contributed by atoms with Gasteiger partial charge in [-0.2, -0.15) is 0 Å². The molecule has 5 atom stereocenters. The Labute approximate surface area is 165 Å². The van der Waals surface area contributed by atoms with Gasteiger partial charge in [0.15, 0.2) is 0 Å². The lowest BCUT2D eigenvalue weighted by atomic mass is 9.43. The van der Waals surface area contributed by atoms with Gasteiger partial charge in [-0.3, -0.25) is 4.79 Å². The third-order valence-corrected chi connectivity index (χ3v) is 7.19. The molecule has 0 aromatic rings. The molecule has 0 amide bonds. The number of carbonyl (C=O) groups is 1. The zero-order valence-electron chi connectivity index (χ0n) is 17.6. The van der Waals surface area contributed by atoms with Crippen LogP contribution in [0.3, 0.4) is 0 Å². The molecule has 0 aromatic carbocycles. The molecule has 3 aliphatic carbocycles. The van der Waals surface area contributed by atoms with Crippen molar-refractivity contribution in [1.29, 1.82) is 0 Å². The average Bonchev–Trinajstić information content (AvgIpc) is 2.62. The molecule has 3 nitrogen and oxygen atoms in total. The number of hydrogen-bond donors (Lipinski definition) is 2. The van der Waals surface area contributed by atoms with Gasteiger partial charge in [-0.15, -0.1) is 0 Å². The third-order valence-electron chi connectivity index (χ3n) is 7.19. The molecule has 3 aliphatic rings. The Morgan fingerprint density at radius 1 is 1.19 bits per heavy atom. The standard InChI is InChI=1S/C24H40O3/c1-4-5-8-11-20(25)15-14-18-16-19-17-22(24(19,2)3)21(18)12-9-6-7-10-13-23(26)27/h6,9,14-15,18-22,25H,4-5,7-8,10-13,16-17H2,1-3H3,(H,26,27)/t18-,19-,20?,21-,22+/m1/s1. The molecular weight excluding hydrogens is 336 g/mol. The van der Waals surface area contributed by atoms with Crippen LogP contribution in [0, 0.1) is 29.1 Å². The molecular formula is C24H40O3. The van der Waals surface area contributed by atoms with Gasteiger partial charge in [0, 0.05) is 6.42 Å². The molecule has 0 heterocycles. The van der Waals surface area contributed by atoms with Gasteiger partial charge in [0.1, 0.15) is 0 Å². The van der Waals surface area contributed by atoms with Crippen molar-refractivity contribution in [3.63, 3.8) is 0 Å². The smallest absolute Gasteiger partial charge is 0.303 e. The van der Waals surface area contributed by atoms with Gasteiger partial charge in [-0.25, -0.2) is 0 Å². The van der Waals surface area contributed by atoms with E-state index in [0.717, 1.165) is 43.9 Å². The summed E-state index contributed by atoms with van der Waals surface area (Å²) in [7, 11) is 0. The minimum atomic E-state index is -0.708. The van der Waals surface area contributed by atoms with E-state index in [1.807, 2.05) is 0 Å². The SMILES string of the molecule is CCCCCC(O)C=C[C@@H]1C[C@@H]2C[C@@H]([C@@H]1CC=CCCCC(=O)O)C2(C)C. The predicted octanol–water partition coefficient (Wildman–Crippen LogP) is 5.98. The lowest BCUT2D eigenvalue weighted by Crippen LogP contribution is -2.55. The fraction of sp³-hybridized carbons (Fsp3) is 0.792. The second-order valence-electron chi connectivity index (χ2n) is 9.37. The lowest BCUT2D eigenvalue weighted by Gasteiger charge is -2.62. The van der Waals surface area contributed by atoms with Crippen molar-refractivity contribution < 1.29 is 15.0 Å². The molecule has 3 fully saturated rings. The number of aliphatic hydroxyl groups excluding tert-OH is 1. The Balaban J connectivity index is 1.88. The topological polar surface area (TPSA) is 57.5 Å². The largest absolute Gasteiger partial charge is 0.481 e. The van der Waals surface area contributed by atoms with Crippen LogP contribution in [0.2, 0.25) is 0 Å². The highest BCUT2D eigenvalue weighted by Gasteiger charge is 2.56. The van der Waals surface area contributed by atoms with Gasteiger partial charge in [0.05, 0.1) is 6.10 Å². The molecule has 0 radical (unpaired) electrons. The number of carboxylic acid groups (broad SMARTS) is 1. The Bertz CT molecular complexity index is 520. The first-order valence-corrected chi connectivity index (χ1v) is 11.1. The molecule has 3 rings (SSSR count). The minimum Gasteiger partial charge on any atom is -0.481 e. The van der Waals surface area contributed by atoms with Crippen LogP contribution >= 0.6 is 0 Å². The summed E-state index contributed by atoms with van der Waals surface area (Å²) >= 11 is 0. The Hall–Kier alpha value is -1.09. The van der Waals surface area contributed by atoms with E-state index in [0.29, 0.717) is 17.3 Å². The highest BCUT2D eigenvalue weighted by Crippen LogP contribution is 2.64. The molecule has 27 heavy (non-hydrogen) atoms. The average molecular weight is 377 g/mol. The lowest BCUT2D eigenvalue weighted by molar-refractivity contribution is -0.137. The zero-order chi connectivity index (χ0) is 19.9. The van der Waals surface area contributed by atoms with E-state index in [1.165, 1.54) is 25.7 Å². The second kappa shape index (κ2) is 10.5. The molecule has 0 aromatic heterocycles. The maximum Gasteiger partial charge on any atom is 0.303 e. The van der Waals surface area contributed by atoms with E-state index in [4.69, 9.17) is 5.11 Å². The van der Waals surface area contributed by atoms with E-state index in [9.17, 15) is 9.90 Å². The fourth-order valence-corrected chi connectivity index (χ4v) is 5.26. The third kappa shape index (κ3) is 6.20. The van der Waals surface area contributed by atoms with Gasteiger partial charge >= 0.3 is 5.97 Å². The number of carboxylic acids is 1. The first-order chi connectivity index (χ1) is 12.9. The quantitative estimate of drug-likeness (QED) is 0.325. The Morgan fingerprint density at radius 3 is 2.63 bits per heavy atom. The molecule has 3 heteroatoms. The molecule has 0 saturated heterocycles. The molecule has 3 saturated carbocycles. The summed E-state index contributed by atoms with van der Waals surface area (Å²) in [6.45, 7) is 7.04. The molecule has 154 valence electrons. The normalized spacial score (nSPS) is 30.5. The van der Waals surface area contributed by atoms with Crippen LogP contribution in [0.1, 0.15) is 85.0 Å². The summed E-state index contributed by atoms with van der Waals surface area (Å²) in [5.74, 6) is 2.11. The first kappa shape index (κ1) is 22.2. The number of aliphatic hydroxyl groups is 1. The number of unbranched alkanes of at least 4 members (excludes halogenated alkanes) is 3. The maximum absolute atomic E-state index is 10.6. The molecule has 0 aliphatic heterocycles. The van der Waals surface area contributed by atoms with Gasteiger partial charge in [-0.05, 0) is 67.6 Å². The van der Waals surface area contributed by atoms with Crippen molar-refractivity contribution >= 4 is 5.97 Å². The van der Waals surface area contributed by atoms with Crippen molar-refractivity contribution in [2.45, 2.75) is 91.1 Å². The van der Waals surface area contributed by atoms with Gasteiger partial charge in [0.25, 0.3) is 0 Å². The van der Waals surface area contributed by atoms with Crippen LogP contribution < -0.4 is 0 Å². The van der Waals surface area contributed by atoms with Crippen molar-refractivity contribution in [1.82, 2.24) is 0 Å². The number of rotatable bonds is 12. The van der Waals surface area contributed by atoms with Crippen LogP contribution in [0.4, 0.5) is 0 Å². The van der Waals surface area contributed by atoms with Crippen molar-refractivity contribution in [3.05, 3.63) is 24.3 Å². The van der Waals surface area contributed by atoms with Crippen molar-refractivity contribution in [3.8, 4) is 0 Å². The van der Waals surface area contributed by atoms with E-state index < -0.39 is 5.97 Å². The van der Waals surface area contributed by atoms with Gasteiger partial charge in [-0.1, -0.05) is 64.3 Å². The van der Waals surface area contributed by atoms with Crippen LogP contribution in [-0.2, 0) is 4.79 Å². The Morgan fingerprint density at radius 2 is 1.96 bits per heavy atom. The number of aliphatic carboxylic acids is 1. The van der Waals surface area contributed by atoms with E-state index in [1.54, 1.807) is 0 Å². The molecule has 1 unspecified atom stereocenters. The summed E-state index contributed by atoms with van der Waals surface area (Å²) in [5.41, 5.74) is 0.450. The molecule has 2 bridgehead atoms. The van der Waals surface area contributed by atoms with Gasteiger partial charge in [0.2, 0.25) is 0 Å². The summed E-state index contributed by atoms with van der Waals surface area (Å²) in [6.07, 6.45) is 18.4. The summed E-state index contributed by atoms with van der Waals surface area (Å²) < 4.78 is 0. The fourth-order valence-electron chi connectivity index (χ4n) is 5.26. The number of allylic oxidation sites excluding steroid dienone is 3. The van der Waals surface area contributed by atoms with Crippen molar-refractivity contribution in [2.24, 2.45) is 29.1 Å². The summed E-state index contributed by atoms with van der Waals surface area (Å²) in [5, 5.41) is 19.0. The summed E-state index contributed by atoms with van der Waals surface area (Å²) in [6, 6.07) is 0. The maximum atomic E-state index is 10.6. The van der Waals surface area contributed by atoms with Crippen molar-refractivity contribution in [2.75, 3.05) is 0 Å². The number of hydrogen-bond acceptors (Lipinski definition) is 2.